The molecule has 0 bridgehead atoms. The largest absolute Gasteiger partial charge is 0.472 e. The number of unbranched alkanes of at least 4 members (excludes halogenated alkanes) is 16. The Labute approximate surface area is 628 Å². The van der Waals surface area contributed by atoms with Gasteiger partial charge in [0, 0.05) is 19.3 Å². The Hall–Kier alpha value is -5.84. The number of ether oxygens (including phenoxy) is 4. The second-order valence-electron chi connectivity index (χ2n) is 25.2. The molecule has 0 fully saturated rings. The van der Waals surface area contributed by atoms with Gasteiger partial charge >= 0.3 is 39.5 Å². The third-order valence-electron chi connectivity index (χ3n) is 15.4. The van der Waals surface area contributed by atoms with Gasteiger partial charge in [0.05, 0.1) is 32.8 Å². The first-order chi connectivity index (χ1) is 50.7. The van der Waals surface area contributed by atoms with Crippen molar-refractivity contribution in [2.45, 2.75) is 290 Å². The van der Waals surface area contributed by atoms with Crippen LogP contribution in [0, 0.1) is 0 Å². The van der Waals surface area contributed by atoms with E-state index in [-0.39, 0.29) is 25.7 Å². The van der Waals surface area contributed by atoms with Gasteiger partial charge in [0.1, 0.15) is 19.3 Å². The molecule has 19 heteroatoms. The van der Waals surface area contributed by atoms with E-state index in [0.717, 1.165) is 154 Å². The van der Waals surface area contributed by atoms with Crippen molar-refractivity contribution in [2.75, 3.05) is 39.6 Å². The lowest BCUT2D eigenvalue weighted by Gasteiger charge is -2.21. The predicted molar refractivity (Wildman–Crippen MR) is 426 cm³/mol. The topological polar surface area (TPSA) is 237 Å². The van der Waals surface area contributed by atoms with Gasteiger partial charge in [-0.15, -0.1) is 0 Å². The normalized spacial score (nSPS) is 14.9. The predicted octanol–water partition coefficient (Wildman–Crippen LogP) is 22.8. The first-order valence-corrected chi connectivity index (χ1v) is 42.0. The van der Waals surface area contributed by atoms with Gasteiger partial charge < -0.3 is 33.8 Å². The molecule has 0 rings (SSSR count). The third-order valence-corrected chi connectivity index (χ3v) is 17.3. The molecule has 0 amide bonds. The van der Waals surface area contributed by atoms with E-state index in [9.17, 15) is 43.2 Å². The highest BCUT2D eigenvalue weighted by Crippen LogP contribution is 2.45. The Morgan fingerprint density at radius 3 is 0.856 bits per heavy atom. The van der Waals surface area contributed by atoms with Crippen molar-refractivity contribution >= 4 is 39.5 Å². The molecule has 0 aromatic rings. The number of carbonyl (C=O) groups is 4. The van der Waals surface area contributed by atoms with E-state index in [1.54, 1.807) is 12.2 Å². The van der Waals surface area contributed by atoms with Crippen molar-refractivity contribution in [1.29, 1.82) is 0 Å². The summed E-state index contributed by atoms with van der Waals surface area (Å²) in [6, 6.07) is 0. The lowest BCUT2D eigenvalue weighted by molar-refractivity contribution is -0.161. The molecule has 5 atom stereocenters. The first-order valence-electron chi connectivity index (χ1n) is 39.0. The zero-order chi connectivity index (χ0) is 76.0. The molecular formula is C85H136O17P2. The van der Waals surface area contributed by atoms with Gasteiger partial charge in [-0.25, -0.2) is 9.13 Å². The van der Waals surface area contributed by atoms with Crippen LogP contribution < -0.4 is 0 Å². The van der Waals surface area contributed by atoms with Gasteiger partial charge in [0.25, 0.3) is 0 Å². The van der Waals surface area contributed by atoms with Crippen molar-refractivity contribution in [3.8, 4) is 0 Å². The van der Waals surface area contributed by atoms with Crippen LogP contribution in [0.2, 0.25) is 0 Å². The highest BCUT2D eigenvalue weighted by atomic mass is 31.2. The average molecular weight is 1490 g/mol. The molecule has 588 valence electrons. The van der Waals surface area contributed by atoms with E-state index in [2.05, 4.69) is 186 Å². The molecule has 0 saturated heterocycles. The Morgan fingerprint density at radius 1 is 0.288 bits per heavy atom. The molecule has 3 N–H and O–H groups in total. The molecule has 0 aliphatic heterocycles. The number of hydrogen-bond donors (Lipinski definition) is 3. The molecule has 5 unspecified atom stereocenters. The molecule has 0 aromatic heterocycles. The smallest absolute Gasteiger partial charge is 0.462 e. The molecule has 0 heterocycles. The number of carbonyl (C=O) groups excluding carboxylic acids is 4. The molecule has 17 nitrogen and oxygen atoms in total. The van der Waals surface area contributed by atoms with Crippen LogP contribution in [0.25, 0.3) is 0 Å². The first kappa shape index (κ1) is 98.2. The van der Waals surface area contributed by atoms with Crippen LogP contribution >= 0.6 is 15.6 Å². The van der Waals surface area contributed by atoms with E-state index in [1.165, 1.54) is 38.5 Å². The number of allylic oxidation sites excluding steroid dienone is 29. The molecule has 0 aliphatic carbocycles. The minimum Gasteiger partial charge on any atom is -0.462 e. The van der Waals surface area contributed by atoms with Crippen LogP contribution in [0.3, 0.4) is 0 Å². The van der Waals surface area contributed by atoms with Crippen molar-refractivity contribution < 1.29 is 80.2 Å². The number of esters is 4. The van der Waals surface area contributed by atoms with Crippen molar-refractivity contribution in [3.63, 3.8) is 0 Å². The average Bonchev–Trinajstić information content (AvgIpc) is 0.929. The number of hydrogen-bond acceptors (Lipinski definition) is 15. The Morgan fingerprint density at radius 2 is 0.538 bits per heavy atom. The van der Waals surface area contributed by atoms with E-state index in [4.69, 9.17) is 37.0 Å². The van der Waals surface area contributed by atoms with Crippen LogP contribution in [0.1, 0.15) is 272 Å². The summed E-state index contributed by atoms with van der Waals surface area (Å²) in [6.07, 6.45) is 90.6. The van der Waals surface area contributed by atoms with Crippen LogP contribution in [0.15, 0.2) is 182 Å². The van der Waals surface area contributed by atoms with Crippen LogP contribution in [0.4, 0.5) is 0 Å². The lowest BCUT2D eigenvalue weighted by atomic mass is 10.1. The van der Waals surface area contributed by atoms with Gasteiger partial charge in [0.15, 0.2) is 12.2 Å². The molecule has 0 aliphatic rings. The van der Waals surface area contributed by atoms with Crippen molar-refractivity contribution in [2.24, 2.45) is 0 Å². The van der Waals surface area contributed by atoms with Crippen LogP contribution in [-0.4, -0.2) is 96.7 Å². The van der Waals surface area contributed by atoms with Crippen molar-refractivity contribution in [1.82, 2.24) is 0 Å². The maximum absolute atomic E-state index is 13.1. The quantitative estimate of drug-likeness (QED) is 0.0169. The summed E-state index contributed by atoms with van der Waals surface area (Å²) in [5.41, 5.74) is 0. The monoisotopic (exact) mass is 1490 g/mol. The highest BCUT2D eigenvalue weighted by Gasteiger charge is 2.30. The number of phosphoric acid groups is 2. The standard InChI is InChI=1S/C85H136O17P2/c1-5-9-13-17-21-25-29-32-35-37-39-41-44-46-50-53-57-61-65-69-82(87)95-75-80(101-84(89)71-67-63-59-55-49-28-24-20-16-12-8-4)77-99-103(91,92)97-73-79(86)74-98-104(93,94)100-78-81(102-85(90)72-68-64-60-56-52-48-43-34-31-27-23-19-15-11-7-3)76-96-83(88)70-66-62-58-54-51-47-45-42-40-38-36-33-30-26-22-18-14-10-6-2/h9-11,13-15,21-23,25-27,32-36,39-43,46-47,50-52,56,64,68,79-81,86H,5-8,12,16-20,24,28-31,37-38,44-45,48-49,53-55,57-63,65-67,69-78H2,1-4H3,(H,91,92)(H,93,94)/b13-9-,14-10-,15-11-,25-21-,26-22-,27-23-,35-32-,36-33-,41-39-,42-40-,43-34-,50-46-,51-47-,56-52-,68-64-. The molecule has 0 aromatic carbocycles. The van der Waals surface area contributed by atoms with Crippen LogP contribution in [-0.2, 0) is 65.4 Å². The van der Waals surface area contributed by atoms with Gasteiger partial charge in [-0.2, -0.15) is 0 Å². The molecule has 0 spiro atoms. The zero-order valence-electron chi connectivity index (χ0n) is 64.1. The minimum absolute atomic E-state index is 0.0800. The summed E-state index contributed by atoms with van der Waals surface area (Å²) >= 11 is 0. The molecular weight excluding hydrogens is 1350 g/mol. The van der Waals surface area contributed by atoms with Crippen molar-refractivity contribution in [3.05, 3.63) is 182 Å². The summed E-state index contributed by atoms with van der Waals surface area (Å²) in [6.45, 7) is 4.30. The van der Waals surface area contributed by atoms with E-state index < -0.39 is 97.5 Å². The SMILES string of the molecule is CC/C=C\C/C=C\C/C=C\C/C=C\C/C=C\CCCCCC(=O)OCC(COP(=O)(O)OCC(O)COP(=O)(O)OCC(COC(=O)CCCCC/C=C\C/C=C\C/C=C\C/C=C\C/C=C\CC)OC(=O)CCCCCCCCCCCCC)OC(=O)C/C=C\C/C=C\C/C=C\C/C=C\C/C=C\CC. The zero-order valence-corrected chi connectivity index (χ0v) is 65.9. The maximum Gasteiger partial charge on any atom is 0.472 e. The summed E-state index contributed by atoms with van der Waals surface area (Å²) in [5.74, 6) is -2.41. The second-order valence-corrected chi connectivity index (χ2v) is 28.1. The van der Waals surface area contributed by atoms with Gasteiger partial charge in [-0.05, 0) is 141 Å². The Bertz CT molecular complexity index is 2690. The van der Waals surface area contributed by atoms with E-state index in [0.29, 0.717) is 25.7 Å². The summed E-state index contributed by atoms with van der Waals surface area (Å²) < 4.78 is 68.3. The highest BCUT2D eigenvalue weighted by molar-refractivity contribution is 7.47. The fourth-order valence-corrected chi connectivity index (χ4v) is 11.2. The number of aliphatic hydroxyl groups is 1. The van der Waals surface area contributed by atoms with E-state index >= 15 is 0 Å². The molecule has 0 radical (unpaired) electrons. The Kier molecular flexibility index (Phi) is 71.2. The molecule has 0 saturated carbocycles. The van der Waals surface area contributed by atoms with Gasteiger partial charge in [0.2, 0.25) is 0 Å². The van der Waals surface area contributed by atoms with E-state index in [1.807, 2.05) is 12.2 Å². The molecule has 104 heavy (non-hydrogen) atoms. The summed E-state index contributed by atoms with van der Waals surface area (Å²) in [5, 5.41) is 10.6. The third kappa shape index (κ3) is 74.4. The van der Waals surface area contributed by atoms with Crippen LogP contribution in [0.5, 0.6) is 0 Å². The van der Waals surface area contributed by atoms with Gasteiger partial charge in [-0.1, -0.05) is 287 Å². The fourth-order valence-electron chi connectivity index (χ4n) is 9.58. The van der Waals surface area contributed by atoms with Gasteiger partial charge in [-0.3, -0.25) is 37.3 Å². The Balaban J connectivity index is 5.46. The second kappa shape index (κ2) is 75.4. The fraction of sp³-hybridized carbons (Fsp3) is 0.600. The summed E-state index contributed by atoms with van der Waals surface area (Å²) in [4.78, 5) is 72.9. The lowest BCUT2D eigenvalue weighted by Crippen LogP contribution is -2.30. The number of aliphatic hydroxyl groups excluding tert-OH is 1. The minimum atomic E-state index is -5.02. The maximum atomic E-state index is 13.1. The summed E-state index contributed by atoms with van der Waals surface area (Å²) in [7, 11) is -10.0. The number of rotatable bonds is 71. The number of phosphoric ester groups is 2.